The molecule has 2 amide bonds. The normalized spacial score (nSPS) is 16.7. The number of benzene rings is 2. The van der Waals surface area contributed by atoms with E-state index >= 15 is 0 Å². The molecule has 8 nitrogen and oxygen atoms in total. The van der Waals surface area contributed by atoms with Gasteiger partial charge < -0.3 is 25.8 Å². The van der Waals surface area contributed by atoms with E-state index in [0.717, 1.165) is 24.8 Å². The van der Waals surface area contributed by atoms with Crippen LogP contribution < -0.4 is 15.8 Å². The molecule has 0 aliphatic carbocycles. The van der Waals surface area contributed by atoms with E-state index in [1.165, 1.54) is 6.07 Å². The number of nitrogens with zero attached hydrogens (tertiary/aromatic N) is 1. The smallest absolute Gasteiger partial charge is 0.344 e. The number of hydrogen-bond acceptors (Lipinski definition) is 4. The summed E-state index contributed by atoms with van der Waals surface area (Å²) in [4.78, 5) is 38.8. The van der Waals surface area contributed by atoms with E-state index in [2.05, 4.69) is 11.1 Å². The third-order valence-electron chi connectivity index (χ3n) is 6.57. The summed E-state index contributed by atoms with van der Waals surface area (Å²) in [6.45, 7) is 2.79. The number of unbranched alkanes of at least 4 members (excludes halogenated alkanes) is 1. The molecule has 9 heteroatoms. The van der Waals surface area contributed by atoms with Gasteiger partial charge in [0.25, 0.3) is 0 Å². The number of carbonyl (C=O) groups is 3. The molecule has 37 heavy (non-hydrogen) atoms. The van der Waals surface area contributed by atoms with E-state index in [-0.39, 0.29) is 36.6 Å². The fraction of sp³-hybridized carbons (Fsp3) is 0.464. The Bertz CT molecular complexity index is 1060. The number of halogens is 1. The van der Waals surface area contributed by atoms with E-state index in [4.69, 9.17) is 4.74 Å². The van der Waals surface area contributed by atoms with Gasteiger partial charge in [-0.1, -0.05) is 43.7 Å². The third-order valence-corrected chi connectivity index (χ3v) is 6.57. The lowest BCUT2D eigenvalue weighted by atomic mass is 10.0. The van der Waals surface area contributed by atoms with Crippen molar-refractivity contribution in [2.75, 3.05) is 6.54 Å². The van der Waals surface area contributed by atoms with Crippen molar-refractivity contribution < 1.29 is 34.4 Å². The number of nitrogens with one attached hydrogen (secondary N) is 1. The molecule has 3 rings (SSSR count). The van der Waals surface area contributed by atoms with Gasteiger partial charge in [-0.05, 0) is 55.0 Å². The largest absolute Gasteiger partial charge is 0.479 e. The Balaban J connectivity index is 1.49. The first-order valence-corrected chi connectivity index (χ1v) is 12.9. The molecule has 5 N–H and O–H groups in total. The number of carboxylic acids is 1. The summed E-state index contributed by atoms with van der Waals surface area (Å²) >= 11 is 0. The maximum absolute atomic E-state index is 13.9. The van der Waals surface area contributed by atoms with Crippen LogP contribution in [0.3, 0.4) is 0 Å². The van der Waals surface area contributed by atoms with Crippen molar-refractivity contribution in [2.24, 2.45) is 0 Å². The molecule has 2 aromatic rings. The zero-order chi connectivity index (χ0) is 26.8. The summed E-state index contributed by atoms with van der Waals surface area (Å²) in [7, 11) is 0. The zero-order valence-electron chi connectivity index (χ0n) is 21.3. The van der Waals surface area contributed by atoms with Crippen molar-refractivity contribution in [3.8, 4) is 5.75 Å². The first kappa shape index (κ1) is 28.1. The van der Waals surface area contributed by atoms with Gasteiger partial charge in [-0.15, -0.1) is 0 Å². The summed E-state index contributed by atoms with van der Waals surface area (Å²) in [5.74, 6) is -1.19. The molecule has 1 aliphatic heterocycles. The average Bonchev–Trinajstić information content (AvgIpc) is 3.37. The third kappa shape index (κ3) is 8.28. The van der Waals surface area contributed by atoms with Crippen LogP contribution in [0.5, 0.6) is 5.75 Å². The Kier molecular flexibility index (Phi) is 10.4. The lowest BCUT2D eigenvalue weighted by molar-refractivity contribution is -0.418. The molecule has 0 spiro atoms. The van der Waals surface area contributed by atoms with Crippen LogP contribution in [0.15, 0.2) is 48.5 Å². The molecule has 1 heterocycles. The van der Waals surface area contributed by atoms with Crippen molar-refractivity contribution in [1.82, 2.24) is 10.2 Å². The Hall–Kier alpha value is -3.46. The standard InChI is InChI=1S/C28H36FN3O5/c1-2-3-10-25(28(35)36)37-22-13-11-19(12-14-22)18-31-27(34)24-9-6-15-32(24)26(33)17-21(30)16-20-7-4-5-8-23(20)29/h4-5,7-8,11-14,21,24-25H,2-3,6,9-10,15-18,30H2,1H3,(H,31,34)(H,35,36)/p+1/t21?,24-,25?/m0/s1. The van der Waals surface area contributed by atoms with Gasteiger partial charge >= 0.3 is 5.97 Å². The fourth-order valence-corrected chi connectivity index (χ4v) is 4.53. The van der Waals surface area contributed by atoms with Gasteiger partial charge in [-0.3, -0.25) is 9.59 Å². The van der Waals surface area contributed by atoms with Gasteiger partial charge in [0.2, 0.25) is 11.8 Å². The van der Waals surface area contributed by atoms with Crippen molar-refractivity contribution in [2.45, 2.75) is 76.6 Å². The van der Waals surface area contributed by atoms with E-state index in [0.29, 0.717) is 37.1 Å². The molecule has 3 atom stereocenters. The number of hydrogen-bond donors (Lipinski definition) is 3. The lowest BCUT2D eigenvalue weighted by Gasteiger charge is -2.25. The first-order valence-electron chi connectivity index (χ1n) is 12.9. The quantitative estimate of drug-likeness (QED) is 0.379. The van der Waals surface area contributed by atoms with E-state index in [1.54, 1.807) is 47.4 Å². The maximum Gasteiger partial charge on any atom is 0.344 e. The van der Waals surface area contributed by atoms with Crippen LogP contribution in [-0.4, -0.2) is 52.5 Å². The zero-order valence-corrected chi connectivity index (χ0v) is 21.3. The molecule has 2 unspecified atom stereocenters. The number of quaternary nitrogens is 1. The summed E-state index contributed by atoms with van der Waals surface area (Å²) in [5.41, 5.74) is 5.39. The first-order chi connectivity index (χ1) is 17.8. The van der Waals surface area contributed by atoms with E-state index in [9.17, 15) is 23.9 Å². The topological polar surface area (TPSA) is 124 Å². The minimum Gasteiger partial charge on any atom is -0.479 e. The highest BCUT2D eigenvalue weighted by molar-refractivity contribution is 5.88. The van der Waals surface area contributed by atoms with E-state index < -0.39 is 18.1 Å². The van der Waals surface area contributed by atoms with Crippen LogP contribution in [-0.2, 0) is 27.3 Å². The molecule has 1 fully saturated rings. The van der Waals surface area contributed by atoms with Crippen LogP contribution in [0.1, 0.15) is 56.6 Å². The Morgan fingerprint density at radius 3 is 2.59 bits per heavy atom. The molecule has 0 saturated carbocycles. The van der Waals surface area contributed by atoms with Crippen molar-refractivity contribution in [3.05, 3.63) is 65.5 Å². The summed E-state index contributed by atoms with van der Waals surface area (Å²) in [6, 6.07) is 12.6. The number of carbonyl (C=O) groups excluding carboxylic acids is 2. The second kappa shape index (κ2) is 13.7. The second-order valence-electron chi connectivity index (χ2n) is 9.56. The Labute approximate surface area is 217 Å². The molecule has 0 bridgehead atoms. The van der Waals surface area contributed by atoms with Crippen LogP contribution in [0, 0.1) is 5.82 Å². The monoisotopic (exact) mass is 514 g/mol. The fourth-order valence-electron chi connectivity index (χ4n) is 4.53. The van der Waals surface area contributed by atoms with Crippen molar-refractivity contribution in [3.63, 3.8) is 0 Å². The van der Waals surface area contributed by atoms with Gasteiger partial charge in [-0.2, -0.15) is 0 Å². The second-order valence-corrected chi connectivity index (χ2v) is 9.56. The average molecular weight is 515 g/mol. The number of ether oxygens (including phenoxy) is 1. The van der Waals surface area contributed by atoms with Crippen LogP contribution in [0.2, 0.25) is 0 Å². The van der Waals surface area contributed by atoms with Gasteiger partial charge in [0.05, 0.1) is 12.5 Å². The van der Waals surface area contributed by atoms with Gasteiger partial charge in [0.15, 0.2) is 6.10 Å². The van der Waals surface area contributed by atoms with Crippen molar-refractivity contribution >= 4 is 17.8 Å². The highest BCUT2D eigenvalue weighted by atomic mass is 19.1. The van der Waals surface area contributed by atoms with Crippen LogP contribution in [0.25, 0.3) is 0 Å². The number of carboxylic acid groups (broad SMARTS) is 1. The van der Waals surface area contributed by atoms with Crippen LogP contribution in [0.4, 0.5) is 4.39 Å². The van der Waals surface area contributed by atoms with Gasteiger partial charge in [-0.25, -0.2) is 9.18 Å². The summed E-state index contributed by atoms with van der Waals surface area (Å²) in [6.07, 6.45) is 3.05. The molecule has 0 radical (unpaired) electrons. The number of rotatable bonds is 13. The molecular weight excluding hydrogens is 477 g/mol. The summed E-state index contributed by atoms with van der Waals surface area (Å²) in [5, 5.41) is 12.2. The molecule has 2 aromatic carbocycles. The van der Waals surface area contributed by atoms with Crippen molar-refractivity contribution in [1.29, 1.82) is 0 Å². The predicted molar refractivity (Wildman–Crippen MR) is 136 cm³/mol. The molecule has 1 aliphatic rings. The SMILES string of the molecule is CCCCC(Oc1ccc(CNC(=O)[C@@H]2CCCN2C(=O)CC([NH3+])Cc2ccccc2F)cc1)C(=O)O. The predicted octanol–water partition coefficient (Wildman–Crippen LogP) is 2.70. The highest BCUT2D eigenvalue weighted by Crippen LogP contribution is 2.20. The van der Waals surface area contributed by atoms with E-state index in [1.807, 2.05) is 6.92 Å². The minimum atomic E-state index is -0.988. The van der Waals surface area contributed by atoms with Gasteiger partial charge in [0, 0.05) is 19.5 Å². The highest BCUT2D eigenvalue weighted by Gasteiger charge is 2.34. The number of likely N-dealkylation sites (tertiary alicyclic amines) is 1. The van der Waals surface area contributed by atoms with Crippen LogP contribution >= 0.6 is 0 Å². The molecule has 1 saturated heterocycles. The number of amides is 2. The van der Waals surface area contributed by atoms with Gasteiger partial charge in [0.1, 0.15) is 17.6 Å². The minimum absolute atomic E-state index is 0.147. The molecular formula is C28H37FN3O5+. The summed E-state index contributed by atoms with van der Waals surface area (Å²) < 4.78 is 19.5. The Morgan fingerprint density at radius 2 is 1.92 bits per heavy atom. The molecule has 0 aromatic heterocycles. The maximum atomic E-state index is 13.9. The molecule has 200 valence electrons. The lowest BCUT2D eigenvalue weighted by Crippen LogP contribution is -2.63. The Morgan fingerprint density at radius 1 is 1.19 bits per heavy atom. The number of aliphatic carboxylic acids is 1.